The Balaban J connectivity index is 1.39. The second-order valence-electron chi connectivity index (χ2n) is 12.4. The summed E-state index contributed by atoms with van der Waals surface area (Å²) in [4.78, 5) is 16.2. The van der Waals surface area contributed by atoms with E-state index in [-0.39, 0.29) is 42.2 Å². The number of hydrogen-bond acceptors (Lipinski definition) is 10. The molecule has 1 aromatic heterocycles. The molecule has 48 heavy (non-hydrogen) atoms. The highest BCUT2D eigenvalue weighted by molar-refractivity contribution is 8.00. The molecule has 3 aliphatic heterocycles. The van der Waals surface area contributed by atoms with E-state index >= 15 is 0 Å². The number of amides is 1. The molecule has 0 bridgehead atoms. The highest BCUT2D eigenvalue weighted by Gasteiger charge is 2.36. The van der Waals surface area contributed by atoms with Crippen LogP contribution in [0.4, 0.5) is 13.2 Å². The molecular weight excluding hydrogens is 698 g/mol. The number of halogens is 3. The predicted molar refractivity (Wildman–Crippen MR) is 173 cm³/mol. The highest BCUT2D eigenvalue weighted by Crippen LogP contribution is 2.40. The van der Waals surface area contributed by atoms with Crippen LogP contribution in [0.5, 0.6) is 0 Å². The van der Waals surface area contributed by atoms with Crippen molar-refractivity contribution >= 4 is 37.7 Å². The van der Waals surface area contributed by atoms with Gasteiger partial charge in [0, 0.05) is 66.9 Å². The summed E-state index contributed by atoms with van der Waals surface area (Å²) in [6.45, 7) is 3.16. The van der Waals surface area contributed by atoms with E-state index in [1.165, 1.54) is 16.4 Å². The molecule has 3 aliphatic rings. The minimum absolute atomic E-state index is 0.0283. The SMILES string of the molecule is CS(=O)(=O)NC1CCN(CC(O)Cn2nc(-c3ccc(C(F)(F)F)c(SCC(=O)N4CCOCC4)c3)c3c2CCN(S(C)(=O)=O)C3)CC1. The van der Waals surface area contributed by atoms with Crippen LogP contribution in [0.25, 0.3) is 11.3 Å². The summed E-state index contributed by atoms with van der Waals surface area (Å²) in [5.74, 6) is -0.494. The van der Waals surface area contributed by atoms with E-state index in [9.17, 15) is 39.9 Å². The van der Waals surface area contributed by atoms with Gasteiger partial charge in [0.05, 0.1) is 55.4 Å². The first kappa shape index (κ1) is 37.0. The standard InChI is InChI=1S/C29H41F3N6O7S3/c1-47(41,42)34-21-5-8-35(9-6-21)16-22(39)17-38-25-7-10-37(48(2,43)44)18-23(25)28(33-38)20-3-4-24(29(30,31)32)26(15-20)46-19-27(40)36-11-13-45-14-12-36/h3-4,15,21-22,34,39H,5-14,16-19H2,1-2H3. The van der Waals surface area contributed by atoms with Gasteiger partial charge in [0.2, 0.25) is 26.0 Å². The lowest BCUT2D eigenvalue weighted by atomic mass is 10.0. The van der Waals surface area contributed by atoms with E-state index in [4.69, 9.17) is 9.84 Å². The first-order valence-corrected chi connectivity index (χ1v) is 20.3. The Labute approximate surface area is 282 Å². The van der Waals surface area contributed by atoms with E-state index in [1.54, 1.807) is 9.58 Å². The number of aliphatic hydroxyl groups is 1. The number of β-amino-alcohol motifs (C(OH)–C–C–N with tert-alkyl or cyclic N) is 1. The van der Waals surface area contributed by atoms with Gasteiger partial charge in [-0.05, 0) is 38.1 Å². The summed E-state index contributed by atoms with van der Waals surface area (Å²) in [5.41, 5.74) is 1.00. The minimum Gasteiger partial charge on any atom is -0.390 e. The van der Waals surface area contributed by atoms with Crippen LogP contribution in [0, 0.1) is 0 Å². The van der Waals surface area contributed by atoms with Crippen molar-refractivity contribution in [3.8, 4) is 11.3 Å². The van der Waals surface area contributed by atoms with Gasteiger partial charge in [0.25, 0.3) is 0 Å². The number of fused-ring (bicyclic) bond motifs is 1. The quantitative estimate of drug-likeness (QED) is 0.322. The fourth-order valence-electron chi connectivity index (χ4n) is 6.29. The Morgan fingerprint density at radius 3 is 2.40 bits per heavy atom. The zero-order valence-electron chi connectivity index (χ0n) is 26.8. The van der Waals surface area contributed by atoms with Crippen molar-refractivity contribution in [2.45, 2.75) is 55.6 Å². The molecule has 1 aromatic carbocycles. The summed E-state index contributed by atoms with van der Waals surface area (Å²) in [6.07, 6.45) is -1.86. The first-order valence-electron chi connectivity index (χ1n) is 15.6. The molecule has 0 saturated carbocycles. The molecule has 2 aromatic rings. The molecule has 5 rings (SSSR count). The summed E-state index contributed by atoms with van der Waals surface area (Å²) >= 11 is 0.790. The highest BCUT2D eigenvalue weighted by atomic mass is 32.2. The van der Waals surface area contributed by atoms with E-state index in [0.717, 1.165) is 30.3 Å². The van der Waals surface area contributed by atoms with E-state index < -0.39 is 37.9 Å². The maximum Gasteiger partial charge on any atom is 0.417 e. The van der Waals surface area contributed by atoms with Crippen LogP contribution in [0.2, 0.25) is 0 Å². The van der Waals surface area contributed by atoms with Crippen LogP contribution in [0.3, 0.4) is 0 Å². The number of sulfonamides is 2. The number of nitrogens with one attached hydrogen (secondary N) is 1. The van der Waals surface area contributed by atoms with Gasteiger partial charge in [0.15, 0.2) is 0 Å². The fraction of sp³-hybridized carbons (Fsp3) is 0.655. The van der Waals surface area contributed by atoms with Gasteiger partial charge >= 0.3 is 6.18 Å². The van der Waals surface area contributed by atoms with Crippen LogP contribution in [0.15, 0.2) is 23.1 Å². The lowest BCUT2D eigenvalue weighted by molar-refractivity contribution is -0.139. The monoisotopic (exact) mass is 738 g/mol. The first-order chi connectivity index (χ1) is 22.5. The molecule has 2 saturated heterocycles. The zero-order valence-corrected chi connectivity index (χ0v) is 29.2. The normalized spacial score (nSPS) is 19.8. The lowest BCUT2D eigenvalue weighted by Crippen LogP contribution is -2.46. The van der Waals surface area contributed by atoms with Crippen molar-refractivity contribution in [2.75, 3.05) is 70.7 Å². The molecule has 1 unspecified atom stereocenters. The number of morpholine rings is 1. The third-order valence-corrected chi connectivity index (χ3v) is 11.7. The smallest absolute Gasteiger partial charge is 0.390 e. The van der Waals surface area contributed by atoms with Crippen molar-refractivity contribution in [3.05, 3.63) is 35.0 Å². The zero-order chi connectivity index (χ0) is 34.9. The topological polar surface area (TPSA) is 154 Å². The van der Waals surface area contributed by atoms with E-state index in [0.29, 0.717) is 87.7 Å². The number of carbonyl (C=O) groups excluding carboxylic acids is 1. The number of thioether (sulfide) groups is 1. The van der Waals surface area contributed by atoms with Crippen molar-refractivity contribution in [1.82, 2.24) is 28.6 Å². The van der Waals surface area contributed by atoms with Crippen LogP contribution in [-0.4, -0.2) is 135 Å². The van der Waals surface area contributed by atoms with Gasteiger partial charge in [-0.2, -0.15) is 22.6 Å². The van der Waals surface area contributed by atoms with Crippen LogP contribution in [0.1, 0.15) is 29.7 Å². The van der Waals surface area contributed by atoms with E-state index in [2.05, 4.69) is 4.72 Å². The molecule has 0 radical (unpaired) electrons. The maximum atomic E-state index is 14.1. The number of likely N-dealkylation sites (tertiary alicyclic amines) is 1. The Kier molecular flexibility index (Phi) is 11.5. The molecule has 0 spiro atoms. The average Bonchev–Trinajstić information content (AvgIpc) is 3.37. The molecule has 2 N–H and O–H groups in total. The Morgan fingerprint density at radius 2 is 1.77 bits per heavy atom. The van der Waals surface area contributed by atoms with Crippen LogP contribution < -0.4 is 4.72 Å². The molecule has 0 aliphatic carbocycles. The van der Waals surface area contributed by atoms with Gasteiger partial charge in [-0.1, -0.05) is 6.07 Å². The molecule has 1 atom stereocenters. The summed E-state index contributed by atoms with van der Waals surface area (Å²) in [6, 6.07) is 3.43. The summed E-state index contributed by atoms with van der Waals surface area (Å²) in [7, 11) is -6.91. The number of piperidine rings is 1. The maximum absolute atomic E-state index is 14.1. The predicted octanol–water partition coefficient (Wildman–Crippen LogP) is 1.21. The Hall–Kier alpha value is -2.26. The average molecular weight is 739 g/mol. The van der Waals surface area contributed by atoms with Crippen molar-refractivity contribution in [1.29, 1.82) is 0 Å². The number of rotatable bonds is 11. The molecule has 2 fully saturated rings. The molecule has 268 valence electrons. The number of alkyl halides is 3. The third-order valence-electron chi connectivity index (χ3n) is 8.66. The summed E-state index contributed by atoms with van der Waals surface area (Å²) in [5, 5.41) is 15.8. The number of ether oxygens (including phenoxy) is 1. The van der Waals surface area contributed by atoms with Crippen molar-refractivity contribution < 1.29 is 44.6 Å². The largest absolute Gasteiger partial charge is 0.417 e. The minimum atomic E-state index is -4.67. The lowest BCUT2D eigenvalue weighted by Gasteiger charge is -2.33. The second-order valence-corrected chi connectivity index (χ2v) is 17.2. The van der Waals surface area contributed by atoms with Crippen LogP contribution in [-0.2, 0) is 55.3 Å². The molecule has 19 heteroatoms. The molecular formula is C29H41F3N6O7S3. The number of aliphatic hydroxyl groups excluding tert-OH is 1. The molecule has 4 heterocycles. The van der Waals surface area contributed by atoms with Crippen molar-refractivity contribution in [2.24, 2.45) is 0 Å². The number of carbonyl (C=O) groups is 1. The molecule has 1 amide bonds. The van der Waals surface area contributed by atoms with Gasteiger partial charge in [0.1, 0.15) is 0 Å². The fourth-order valence-corrected chi connectivity index (χ4v) is 8.93. The number of nitrogens with zero attached hydrogens (tertiary/aromatic N) is 5. The Morgan fingerprint density at radius 1 is 1.08 bits per heavy atom. The van der Waals surface area contributed by atoms with Crippen molar-refractivity contribution in [3.63, 3.8) is 0 Å². The van der Waals surface area contributed by atoms with Gasteiger partial charge in [-0.3, -0.25) is 9.48 Å². The number of aromatic nitrogens is 2. The second kappa shape index (κ2) is 14.9. The van der Waals surface area contributed by atoms with Gasteiger partial charge < -0.3 is 19.6 Å². The van der Waals surface area contributed by atoms with Crippen LogP contribution >= 0.6 is 11.8 Å². The third kappa shape index (κ3) is 9.49. The Bertz CT molecular complexity index is 1690. The van der Waals surface area contributed by atoms with E-state index in [1.807, 2.05) is 4.90 Å². The molecule has 13 nitrogen and oxygen atoms in total. The van der Waals surface area contributed by atoms with Gasteiger partial charge in [-0.25, -0.2) is 21.6 Å². The van der Waals surface area contributed by atoms with Gasteiger partial charge in [-0.15, -0.1) is 11.8 Å². The number of benzene rings is 1. The number of hydrogen-bond donors (Lipinski definition) is 2. The summed E-state index contributed by atoms with van der Waals surface area (Å²) < 4.78 is 101.